The molecule has 1 heterocycles. The lowest BCUT2D eigenvalue weighted by molar-refractivity contribution is -0.121. The molecular formula is C26H21IN2O4S. The minimum absolute atomic E-state index is 0.138. The van der Waals surface area contributed by atoms with Crippen molar-refractivity contribution in [2.24, 2.45) is 4.99 Å². The first kappa shape index (κ1) is 24.0. The Hall–Kier alpha value is -3.11. The van der Waals surface area contributed by atoms with Crippen LogP contribution in [0.5, 0.6) is 5.75 Å². The highest BCUT2D eigenvalue weighted by atomic mass is 127. The number of aromatic carboxylic acids is 1. The molecule has 0 bridgehead atoms. The van der Waals surface area contributed by atoms with Crippen molar-refractivity contribution in [2.45, 2.75) is 13.5 Å². The van der Waals surface area contributed by atoms with Gasteiger partial charge in [0.25, 0.3) is 5.91 Å². The molecule has 8 heteroatoms. The number of aryl methyl sites for hydroxylation is 1. The van der Waals surface area contributed by atoms with E-state index in [1.165, 1.54) is 34.4 Å². The van der Waals surface area contributed by atoms with Crippen LogP contribution in [0.1, 0.15) is 27.0 Å². The van der Waals surface area contributed by atoms with Crippen LogP contribution in [0.15, 0.2) is 76.6 Å². The highest BCUT2D eigenvalue weighted by molar-refractivity contribution is 14.1. The number of amidine groups is 1. The monoisotopic (exact) mass is 584 g/mol. The standard InChI is InChI=1S/C26H21IN2O4S/c1-16-4-3-5-18(12-16)15-33-22-11-6-17(13-21(22)27)14-23-24(30)29(2)26(34-23)28-20-9-7-19(8-10-20)25(31)32/h3-14H,15H2,1-2H3,(H,31,32)/b23-14-,28-26?. The Morgan fingerprint density at radius 2 is 1.91 bits per heavy atom. The zero-order valence-corrected chi connectivity index (χ0v) is 21.5. The van der Waals surface area contributed by atoms with Gasteiger partial charge in [-0.05, 0) is 94.9 Å². The Bertz CT molecular complexity index is 1320. The Morgan fingerprint density at radius 3 is 2.59 bits per heavy atom. The molecule has 0 unspecified atom stereocenters. The predicted octanol–water partition coefficient (Wildman–Crippen LogP) is 6.11. The molecule has 0 aliphatic carbocycles. The third kappa shape index (κ3) is 5.68. The summed E-state index contributed by atoms with van der Waals surface area (Å²) in [6, 6.07) is 20.3. The average Bonchev–Trinajstić information content (AvgIpc) is 3.06. The van der Waals surface area contributed by atoms with Crippen LogP contribution in [-0.4, -0.2) is 34.1 Å². The van der Waals surface area contributed by atoms with Crippen molar-refractivity contribution in [3.05, 3.63) is 97.5 Å². The number of benzene rings is 3. The predicted molar refractivity (Wildman–Crippen MR) is 144 cm³/mol. The fraction of sp³-hybridized carbons (Fsp3) is 0.115. The lowest BCUT2D eigenvalue weighted by atomic mass is 10.1. The number of nitrogens with zero attached hydrogens (tertiary/aromatic N) is 2. The number of aliphatic imine (C=N–C) groups is 1. The van der Waals surface area contributed by atoms with Crippen molar-refractivity contribution in [1.82, 2.24) is 4.90 Å². The fourth-order valence-corrected chi connectivity index (χ4v) is 4.96. The molecule has 3 aromatic rings. The second-order valence-electron chi connectivity index (χ2n) is 7.69. The maximum absolute atomic E-state index is 12.7. The Kier molecular flexibility index (Phi) is 7.38. The van der Waals surface area contributed by atoms with E-state index in [0.717, 1.165) is 20.4 Å². The molecule has 1 aliphatic rings. The zero-order valence-electron chi connectivity index (χ0n) is 18.5. The molecule has 6 nitrogen and oxygen atoms in total. The number of carbonyl (C=O) groups is 2. The number of hydrogen-bond donors (Lipinski definition) is 1. The summed E-state index contributed by atoms with van der Waals surface area (Å²) in [4.78, 5) is 30.3. The molecule has 1 N–H and O–H groups in total. The highest BCUT2D eigenvalue weighted by Gasteiger charge is 2.30. The van der Waals surface area contributed by atoms with E-state index in [-0.39, 0.29) is 11.5 Å². The number of carbonyl (C=O) groups excluding carboxylic acids is 1. The lowest BCUT2D eigenvalue weighted by Gasteiger charge is -2.09. The molecule has 34 heavy (non-hydrogen) atoms. The van der Waals surface area contributed by atoms with Crippen LogP contribution in [0.2, 0.25) is 0 Å². The van der Waals surface area contributed by atoms with Gasteiger partial charge >= 0.3 is 5.97 Å². The summed E-state index contributed by atoms with van der Waals surface area (Å²) in [5, 5.41) is 9.57. The Labute approximate surface area is 215 Å². The molecule has 1 saturated heterocycles. The largest absolute Gasteiger partial charge is 0.488 e. The van der Waals surface area contributed by atoms with E-state index >= 15 is 0 Å². The van der Waals surface area contributed by atoms with Crippen molar-refractivity contribution in [3.8, 4) is 5.75 Å². The molecule has 1 fully saturated rings. The third-order valence-corrected chi connectivity index (χ3v) is 6.98. The van der Waals surface area contributed by atoms with Gasteiger partial charge in [0.1, 0.15) is 12.4 Å². The van der Waals surface area contributed by atoms with Gasteiger partial charge in [0.2, 0.25) is 0 Å². The van der Waals surface area contributed by atoms with E-state index in [2.05, 4.69) is 46.6 Å². The van der Waals surface area contributed by atoms with Crippen molar-refractivity contribution in [1.29, 1.82) is 0 Å². The quantitative estimate of drug-likeness (QED) is 0.280. The normalized spacial score (nSPS) is 15.9. The molecule has 0 spiro atoms. The van der Waals surface area contributed by atoms with Crippen molar-refractivity contribution in [2.75, 3.05) is 7.05 Å². The van der Waals surface area contributed by atoms with Crippen LogP contribution in [0.3, 0.4) is 0 Å². The number of carboxylic acid groups (broad SMARTS) is 1. The molecule has 0 atom stereocenters. The van der Waals surface area contributed by atoms with E-state index in [4.69, 9.17) is 9.84 Å². The van der Waals surface area contributed by atoms with Gasteiger partial charge in [0, 0.05) is 7.05 Å². The molecule has 4 rings (SSSR count). The second kappa shape index (κ2) is 10.4. The number of hydrogen-bond acceptors (Lipinski definition) is 5. The van der Waals surface area contributed by atoms with E-state index < -0.39 is 5.97 Å². The number of carboxylic acids is 1. The second-order valence-corrected chi connectivity index (χ2v) is 9.86. The highest BCUT2D eigenvalue weighted by Crippen LogP contribution is 2.34. The molecule has 3 aromatic carbocycles. The smallest absolute Gasteiger partial charge is 0.335 e. The summed E-state index contributed by atoms with van der Waals surface area (Å²) in [6.07, 6.45) is 1.84. The van der Waals surface area contributed by atoms with Gasteiger partial charge in [-0.1, -0.05) is 35.9 Å². The summed E-state index contributed by atoms with van der Waals surface area (Å²) in [7, 11) is 1.67. The first-order valence-corrected chi connectivity index (χ1v) is 12.3. The van der Waals surface area contributed by atoms with Gasteiger partial charge in [-0.25, -0.2) is 9.79 Å². The number of thioether (sulfide) groups is 1. The maximum Gasteiger partial charge on any atom is 0.335 e. The first-order chi connectivity index (χ1) is 16.3. The third-order valence-electron chi connectivity index (χ3n) is 5.07. The zero-order chi connectivity index (χ0) is 24.2. The van der Waals surface area contributed by atoms with Gasteiger partial charge in [-0.2, -0.15) is 0 Å². The molecule has 1 amide bonds. The van der Waals surface area contributed by atoms with Crippen LogP contribution in [-0.2, 0) is 11.4 Å². The maximum atomic E-state index is 12.7. The summed E-state index contributed by atoms with van der Waals surface area (Å²) in [5.74, 6) is -0.340. The van der Waals surface area contributed by atoms with Crippen molar-refractivity contribution in [3.63, 3.8) is 0 Å². The lowest BCUT2D eigenvalue weighted by Crippen LogP contribution is -2.23. The molecule has 0 saturated carbocycles. The summed E-state index contributed by atoms with van der Waals surface area (Å²) in [6.45, 7) is 2.55. The fourth-order valence-electron chi connectivity index (χ4n) is 3.28. The number of rotatable bonds is 6. The number of halogens is 1. The van der Waals surface area contributed by atoms with Gasteiger partial charge < -0.3 is 9.84 Å². The SMILES string of the molecule is Cc1cccc(COc2ccc(/C=C3\SC(=Nc4ccc(C(=O)O)cc4)N(C)C3=O)cc2I)c1. The van der Waals surface area contributed by atoms with Crippen LogP contribution in [0, 0.1) is 10.5 Å². The number of likely N-dealkylation sites (N-methyl/N-ethyl adjacent to an activating group) is 1. The molecule has 172 valence electrons. The Morgan fingerprint density at radius 1 is 1.15 bits per heavy atom. The number of amides is 1. The van der Waals surface area contributed by atoms with E-state index in [0.29, 0.717) is 22.4 Å². The number of ether oxygens (including phenoxy) is 1. The average molecular weight is 584 g/mol. The van der Waals surface area contributed by atoms with Crippen LogP contribution < -0.4 is 4.74 Å². The van der Waals surface area contributed by atoms with Gasteiger partial charge in [-0.15, -0.1) is 0 Å². The van der Waals surface area contributed by atoms with Crippen LogP contribution >= 0.6 is 34.4 Å². The molecule has 1 aliphatic heterocycles. The Balaban J connectivity index is 1.48. The first-order valence-electron chi connectivity index (χ1n) is 10.4. The van der Waals surface area contributed by atoms with E-state index in [9.17, 15) is 9.59 Å². The van der Waals surface area contributed by atoms with Crippen LogP contribution in [0.4, 0.5) is 5.69 Å². The van der Waals surface area contributed by atoms with Gasteiger partial charge in [-0.3, -0.25) is 9.69 Å². The van der Waals surface area contributed by atoms with Crippen molar-refractivity contribution < 1.29 is 19.4 Å². The molecule has 0 radical (unpaired) electrons. The topological polar surface area (TPSA) is 79.2 Å². The minimum atomic E-state index is -0.992. The summed E-state index contributed by atoms with van der Waals surface area (Å²) in [5.41, 5.74) is 3.97. The van der Waals surface area contributed by atoms with Gasteiger partial charge in [0.15, 0.2) is 5.17 Å². The van der Waals surface area contributed by atoms with E-state index in [1.807, 2.05) is 36.4 Å². The van der Waals surface area contributed by atoms with Crippen LogP contribution in [0.25, 0.3) is 6.08 Å². The summed E-state index contributed by atoms with van der Waals surface area (Å²) >= 11 is 3.52. The van der Waals surface area contributed by atoms with Crippen molar-refractivity contribution >= 4 is 63.2 Å². The molecular weight excluding hydrogens is 563 g/mol. The summed E-state index contributed by atoms with van der Waals surface area (Å²) < 4.78 is 6.94. The van der Waals surface area contributed by atoms with Gasteiger partial charge in [0.05, 0.1) is 19.7 Å². The van der Waals surface area contributed by atoms with E-state index in [1.54, 1.807) is 19.2 Å². The minimum Gasteiger partial charge on any atom is -0.488 e. The molecule has 0 aromatic heterocycles.